The fourth-order valence-electron chi connectivity index (χ4n) is 1.63. The van der Waals surface area contributed by atoms with Crippen molar-refractivity contribution in [1.29, 1.82) is 0 Å². The van der Waals surface area contributed by atoms with E-state index in [-0.39, 0.29) is 0 Å². The molecular weight excluding hydrogens is 190 g/mol. The molecule has 5 nitrogen and oxygen atoms in total. The second-order valence-corrected chi connectivity index (χ2v) is 3.63. The van der Waals surface area contributed by atoms with Crippen molar-refractivity contribution >= 4 is 5.95 Å². The maximum Gasteiger partial charge on any atom is 0.200 e. The van der Waals surface area contributed by atoms with E-state index in [1.807, 2.05) is 22.4 Å². The van der Waals surface area contributed by atoms with Crippen molar-refractivity contribution in [1.82, 2.24) is 19.3 Å². The van der Waals surface area contributed by atoms with Crippen LogP contribution in [0.2, 0.25) is 0 Å². The van der Waals surface area contributed by atoms with Gasteiger partial charge in [0.1, 0.15) is 0 Å². The van der Waals surface area contributed by atoms with Gasteiger partial charge in [-0.1, -0.05) is 0 Å². The van der Waals surface area contributed by atoms with E-state index in [4.69, 9.17) is 5.73 Å². The fourth-order valence-corrected chi connectivity index (χ4v) is 1.63. The van der Waals surface area contributed by atoms with Gasteiger partial charge in [-0.3, -0.25) is 4.68 Å². The number of aryl methyl sites for hydroxylation is 4. The molecule has 0 unspecified atom stereocenters. The average molecular weight is 205 g/mol. The van der Waals surface area contributed by atoms with E-state index in [9.17, 15) is 0 Å². The molecule has 0 saturated carbocycles. The lowest BCUT2D eigenvalue weighted by Gasteiger charge is -2.06. The molecule has 5 heteroatoms. The highest BCUT2D eigenvalue weighted by Gasteiger charge is 2.02. The van der Waals surface area contributed by atoms with Gasteiger partial charge in [0.2, 0.25) is 0 Å². The number of hydrogen-bond acceptors (Lipinski definition) is 3. The SMILES string of the molecule is Cc1cc(C)n(CCn2ccnc2N)n1. The zero-order valence-corrected chi connectivity index (χ0v) is 9.01. The molecule has 0 aromatic carbocycles. The lowest BCUT2D eigenvalue weighted by Crippen LogP contribution is -2.11. The maximum absolute atomic E-state index is 5.67. The third-order valence-electron chi connectivity index (χ3n) is 2.40. The number of nitrogens with two attached hydrogens (primary N) is 1. The lowest BCUT2D eigenvalue weighted by molar-refractivity contribution is 0.524. The van der Waals surface area contributed by atoms with Crippen molar-refractivity contribution in [2.45, 2.75) is 26.9 Å². The van der Waals surface area contributed by atoms with Crippen LogP contribution in [0, 0.1) is 13.8 Å². The Hall–Kier alpha value is -1.78. The number of anilines is 1. The van der Waals surface area contributed by atoms with Crippen molar-refractivity contribution < 1.29 is 0 Å². The Bertz CT molecular complexity index is 454. The topological polar surface area (TPSA) is 61.7 Å². The molecule has 2 rings (SSSR count). The number of nitrogen functional groups attached to an aromatic ring is 1. The van der Waals surface area contributed by atoms with Gasteiger partial charge in [-0.05, 0) is 19.9 Å². The van der Waals surface area contributed by atoms with Crippen LogP contribution in [0.3, 0.4) is 0 Å². The second kappa shape index (κ2) is 3.76. The summed E-state index contributed by atoms with van der Waals surface area (Å²) in [6, 6.07) is 2.07. The zero-order valence-electron chi connectivity index (χ0n) is 9.01. The fraction of sp³-hybridized carbons (Fsp3) is 0.400. The normalized spacial score (nSPS) is 10.8. The monoisotopic (exact) mass is 205 g/mol. The highest BCUT2D eigenvalue weighted by molar-refractivity contribution is 5.16. The Labute approximate surface area is 88.5 Å². The van der Waals surface area contributed by atoms with Crippen LogP contribution in [0.15, 0.2) is 18.5 Å². The summed E-state index contributed by atoms with van der Waals surface area (Å²) in [5.41, 5.74) is 7.89. The summed E-state index contributed by atoms with van der Waals surface area (Å²) in [7, 11) is 0. The van der Waals surface area contributed by atoms with Crippen LogP contribution in [-0.4, -0.2) is 19.3 Å². The van der Waals surface area contributed by atoms with Gasteiger partial charge in [-0.25, -0.2) is 4.98 Å². The number of aromatic nitrogens is 4. The molecule has 2 N–H and O–H groups in total. The summed E-state index contributed by atoms with van der Waals surface area (Å²) in [5, 5.41) is 4.38. The van der Waals surface area contributed by atoms with Gasteiger partial charge in [-0.2, -0.15) is 5.10 Å². The molecule has 0 radical (unpaired) electrons. The molecule has 0 bridgehead atoms. The van der Waals surface area contributed by atoms with Gasteiger partial charge in [0.05, 0.1) is 12.2 Å². The first-order chi connectivity index (χ1) is 7.16. The first-order valence-electron chi connectivity index (χ1n) is 4.94. The van der Waals surface area contributed by atoms with Gasteiger partial charge >= 0.3 is 0 Å². The first kappa shape index (κ1) is 9.76. The summed E-state index contributed by atoms with van der Waals surface area (Å²) < 4.78 is 3.89. The van der Waals surface area contributed by atoms with Crippen LogP contribution in [0.4, 0.5) is 5.95 Å². The molecule has 80 valence electrons. The van der Waals surface area contributed by atoms with Gasteiger partial charge in [0.15, 0.2) is 5.95 Å². The minimum Gasteiger partial charge on any atom is -0.369 e. The Balaban J connectivity index is 2.05. The molecule has 2 aromatic heterocycles. The summed E-state index contributed by atoms with van der Waals surface area (Å²) >= 11 is 0. The van der Waals surface area contributed by atoms with Crippen LogP contribution < -0.4 is 5.73 Å². The van der Waals surface area contributed by atoms with Gasteiger partial charge in [0.25, 0.3) is 0 Å². The molecule has 0 fully saturated rings. The summed E-state index contributed by atoms with van der Waals surface area (Å²) in [6.45, 7) is 5.67. The quantitative estimate of drug-likeness (QED) is 0.812. The van der Waals surface area contributed by atoms with E-state index in [1.54, 1.807) is 6.20 Å². The van der Waals surface area contributed by atoms with Crippen molar-refractivity contribution in [3.8, 4) is 0 Å². The van der Waals surface area contributed by atoms with Crippen LogP contribution in [0.1, 0.15) is 11.4 Å². The third-order valence-corrected chi connectivity index (χ3v) is 2.40. The van der Waals surface area contributed by atoms with Crippen LogP contribution in [0.25, 0.3) is 0 Å². The van der Waals surface area contributed by atoms with Crippen molar-refractivity contribution in [2.75, 3.05) is 5.73 Å². The first-order valence-corrected chi connectivity index (χ1v) is 4.94. The van der Waals surface area contributed by atoms with Gasteiger partial charge in [0, 0.05) is 24.6 Å². The predicted octanol–water partition coefficient (Wildman–Crippen LogP) is 0.979. The number of hydrogen-bond donors (Lipinski definition) is 1. The smallest absolute Gasteiger partial charge is 0.200 e. The number of rotatable bonds is 3. The molecule has 0 amide bonds. The summed E-state index contributed by atoms with van der Waals surface area (Å²) in [4.78, 5) is 3.97. The molecule has 0 atom stereocenters. The lowest BCUT2D eigenvalue weighted by atomic mass is 10.4. The number of nitrogens with zero attached hydrogens (tertiary/aromatic N) is 4. The molecule has 2 aromatic rings. The molecule has 2 heterocycles. The van der Waals surface area contributed by atoms with Crippen LogP contribution in [0.5, 0.6) is 0 Å². The summed E-state index contributed by atoms with van der Waals surface area (Å²) in [6.07, 6.45) is 3.58. The van der Waals surface area contributed by atoms with E-state index in [1.165, 1.54) is 5.69 Å². The number of imidazole rings is 1. The molecule has 0 spiro atoms. The minimum atomic E-state index is 0.552. The predicted molar refractivity (Wildman–Crippen MR) is 58.3 cm³/mol. The summed E-state index contributed by atoms with van der Waals surface area (Å²) in [5.74, 6) is 0.552. The molecule has 15 heavy (non-hydrogen) atoms. The third kappa shape index (κ3) is 2.01. The van der Waals surface area contributed by atoms with Crippen LogP contribution in [-0.2, 0) is 13.1 Å². The Morgan fingerprint density at radius 1 is 1.33 bits per heavy atom. The van der Waals surface area contributed by atoms with Crippen LogP contribution >= 0.6 is 0 Å². The highest BCUT2D eigenvalue weighted by Crippen LogP contribution is 2.04. The van der Waals surface area contributed by atoms with E-state index in [0.717, 1.165) is 18.8 Å². The molecular formula is C10H15N5. The van der Waals surface area contributed by atoms with Crippen molar-refractivity contribution in [2.24, 2.45) is 0 Å². The largest absolute Gasteiger partial charge is 0.369 e. The molecule has 0 aliphatic heterocycles. The van der Waals surface area contributed by atoms with Gasteiger partial charge < -0.3 is 10.3 Å². The zero-order chi connectivity index (χ0) is 10.8. The standard InChI is InChI=1S/C10H15N5/c1-8-7-9(2)15(13-8)6-5-14-4-3-12-10(14)11/h3-4,7H,5-6H2,1-2H3,(H2,11,12). The average Bonchev–Trinajstić information content (AvgIpc) is 2.70. The molecule has 0 aliphatic rings. The Morgan fingerprint density at radius 2 is 2.13 bits per heavy atom. The molecule has 0 aliphatic carbocycles. The highest BCUT2D eigenvalue weighted by atomic mass is 15.3. The second-order valence-electron chi connectivity index (χ2n) is 3.63. The van der Waals surface area contributed by atoms with Gasteiger partial charge in [-0.15, -0.1) is 0 Å². The Kier molecular flexibility index (Phi) is 2.45. The van der Waals surface area contributed by atoms with Crippen molar-refractivity contribution in [3.63, 3.8) is 0 Å². The Morgan fingerprint density at radius 3 is 2.67 bits per heavy atom. The van der Waals surface area contributed by atoms with E-state index < -0.39 is 0 Å². The maximum atomic E-state index is 5.67. The van der Waals surface area contributed by atoms with E-state index in [0.29, 0.717) is 5.95 Å². The van der Waals surface area contributed by atoms with Crippen molar-refractivity contribution in [3.05, 3.63) is 29.8 Å². The molecule has 0 saturated heterocycles. The van der Waals surface area contributed by atoms with E-state index >= 15 is 0 Å². The van der Waals surface area contributed by atoms with E-state index in [2.05, 4.69) is 23.1 Å². The minimum absolute atomic E-state index is 0.552.